The Hall–Kier alpha value is -1.25. The highest BCUT2D eigenvalue weighted by atomic mass is 79.9. The molecular weight excluding hydrogens is 392 g/mol. The van der Waals surface area contributed by atoms with Gasteiger partial charge in [-0.2, -0.15) is 0 Å². The van der Waals surface area contributed by atoms with Crippen LogP contribution in [0, 0.1) is 11.6 Å². The van der Waals surface area contributed by atoms with Crippen molar-refractivity contribution in [3.63, 3.8) is 0 Å². The highest BCUT2D eigenvalue weighted by Gasteiger charge is 2.19. The van der Waals surface area contributed by atoms with Crippen molar-refractivity contribution < 1.29 is 21.9 Å². The van der Waals surface area contributed by atoms with E-state index in [0.717, 1.165) is 0 Å². The zero-order valence-corrected chi connectivity index (χ0v) is 13.3. The Kier molecular flexibility index (Phi) is 4.80. The van der Waals surface area contributed by atoms with Crippen molar-refractivity contribution in [2.24, 2.45) is 0 Å². The zero-order valence-electron chi connectivity index (χ0n) is 10.2. The third-order valence-electron chi connectivity index (χ3n) is 2.40. The summed E-state index contributed by atoms with van der Waals surface area (Å²) in [5.74, 6) is -2.99. The molecule has 9 heteroatoms. The maximum atomic E-state index is 13.7. The number of ether oxygens (including phenoxy) is 1. The van der Waals surface area contributed by atoms with Gasteiger partial charge in [-0.15, -0.1) is 0 Å². The van der Waals surface area contributed by atoms with Gasteiger partial charge in [0.1, 0.15) is 6.61 Å². The fourth-order valence-corrected chi connectivity index (χ4v) is 2.67. The van der Waals surface area contributed by atoms with Gasteiger partial charge in [0.2, 0.25) is 0 Å². The molecule has 0 bridgehead atoms. The van der Waals surface area contributed by atoms with Crippen LogP contribution >= 0.6 is 26.6 Å². The Morgan fingerprint density at radius 2 is 1.81 bits per heavy atom. The van der Waals surface area contributed by atoms with Crippen LogP contribution in [-0.4, -0.2) is 13.4 Å². The third-order valence-corrected chi connectivity index (χ3v) is 4.16. The standard InChI is InChI=1S/C12H7BrClF2NO3S/c13-8-1-7(4-17-5-8)6-20-12-10(15)2-9(3-11(12)16)21(14,18)19/h1-5H,6H2. The van der Waals surface area contributed by atoms with E-state index in [9.17, 15) is 17.2 Å². The van der Waals surface area contributed by atoms with Crippen molar-refractivity contribution >= 4 is 35.7 Å². The van der Waals surface area contributed by atoms with Gasteiger partial charge in [0, 0.05) is 33.1 Å². The molecule has 4 nitrogen and oxygen atoms in total. The van der Waals surface area contributed by atoms with E-state index >= 15 is 0 Å². The van der Waals surface area contributed by atoms with Crippen molar-refractivity contribution in [2.45, 2.75) is 11.5 Å². The van der Waals surface area contributed by atoms with Gasteiger partial charge in [0.05, 0.1) is 4.90 Å². The summed E-state index contributed by atoms with van der Waals surface area (Å²) in [7, 11) is 0.813. The summed E-state index contributed by atoms with van der Waals surface area (Å²) in [4.78, 5) is 3.21. The van der Waals surface area contributed by atoms with Gasteiger partial charge in [0.25, 0.3) is 9.05 Å². The van der Waals surface area contributed by atoms with Crippen LogP contribution in [0.2, 0.25) is 0 Å². The summed E-state index contributed by atoms with van der Waals surface area (Å²) in [5.41, 5.74) is 0.581. The lowest BCUT2D eigenvalue weighted by Crippen LogP contribution is -2.02. The van der Waals surface area contributed by atoms with Crippen LogP contribution in [0.3, 0.4) is 0 Å². The van der Waals surface area contributed by atoms with Crippen LogP contribution in [0.4, 0.5) is 8.78 Å². The highest BCUT2D eigenvalue weighted by Crippen LogP contribution is 2.27. The number of hydrogen-bond donors (Lipinski definition) is 0. The first-order chi connectivity index (χ1) is 9.77. The number of aromatic nitrogens is 1. The molecule has 21 heavy (non-hydrogen) atoms. The first kappa shape index (κ1) is 16.1. The molecule has 1 heterocycles. The Balaban J connectivity index is 2.25. The monoisotopic (exact) mass is 397 g/mol. The summed E-state index contributed by atoms with van der Waals surface area (Å²) in [6.45, 7) is -0.132. The Bertz CT molecular complexity index is 763. The van der Waals surface area contributed by atoms with Gasteiger partial charge in [-0.1, -0.05) is 0 Å². The quantitative estimate of drug-likeness (QED) is 0.738. The molecule has 0 atom stereocenters. The normalized spacial score (nSPS) is 11.4. The lowest BCUT2D eigenvalue weighted by atomic mass is 10.3. The van der Waals surface area contributed by atoms with E-state index < -0.39 is 31.3 Å². The van der Waals surface area contributed by atoms with E-state index in [1.54, 1.807) is 12.3 Å². The Morgan fingerprint density at radius 1 is 1.19 bits per heavy atom. The third kappa shape index (κ3) is 4.12. The number of rotatable bonds is 4. The molecule has 0 aliphatic carbocycles. The van der Waals surface area contributed by atoms with Crippen LogP contribution in [0.5, 0.6) is 5.75 Å². The molecule has 0 fully saturated rings. The van der Waals surface area contributed by atoms with Gasteiger partial charge >= 0.3 is 0 Å². The predicted octanol–water partition coefficient (Wildman–Crippen LogP) is 3.63. The van der Waals surface area contributed by atoms with Gasteiger partial charge in [-0.3, -0.25) is 4.98 Å². The van der Waals surface area contributed by atoms with E-state index in [1.807, 2.05) is 0 Å². The summed E-state index contributed by atoms with van der Waals surface area (Å²) < 4.78 is 55.2. The fraction of sp³-hybridized carbons (Fsp3) is 0.0833. The number of benzene rings is 1. The van der Waals surface area contributed by atoms with Gasteiger partial charge in [-0.25, -0.2) is 17.2 Å². The van der Waals surface area contributed by atoms with Crippen molar-refractivity contribution in [3.8, 4) is 5.75 Å². The molecule has 2 aromatic rings. The molecule has 112 valence electrons. The predicted molar refractivity (Wildman–Crippen MR) is 75.7 cm³/mol. The van der Waals surface area contributed by atoms with Crippen molar-refractivity contribution in [1.29, 1.82) is 0 Å². The molecule has 0 aliphatic rings. The van der Waals surface area contributed by atoms with E-state index in [2.05, 4.69) is 20.9 Å². The molecule has 0 saturated heterocycles. The van der Waals surface area contributed by atoms with Crippen LogP contribution in [0.15, 0.2) is 40.0 Å². The minimum Gasteiger partial charge on any atom is -0.483 e. The van der Waals surface area contributed by atoms with Crippen LogP contribution in [0.25, 0.3) is 0 Å². The average molecular weight is 399 g/mol. The molecule has 0 radical (unpaired) electrons. The molecule has 0 N–H and O–H groups in total. The SMILES string of the molecule is O=S(=O)(Cl)c1cc(F)c(OCc2cncc(Br)c2)c(F)c1. The Morgan fingerprint density at radius 3 is 2.33 bits per heavy atom. The lowest BCUT2D eigenvalue weighted by molar-refractivity contribution is 0.273. The first-order valence-electron chi connectivity index (χ1n) is 5.43. The number of halogens is 4. The summed E-state index contributed by atoms with van der Waals surface area (Å²) in [5, 5.41) is 0. The van der Waals surface area contributed by atoms with Crippen molar-refractivity contribution in [3.05, 3.63) is 52.3 Å². The molecule has 0 amide bonds. The second kappa shape index (κ2) is 6.25. The number of nitrogens with zero attached hydrogens (tertiary/aromatic N) is 1. The molecule has 0 unspecified atom stereocenters. The van der Waals surface area contributed by atoms with E-state index in [-0.39, 0.29) is 6.61 Å². The summed E-state index contributed by atoms with van der Waals surface area (Å²) in [6, 6.07) is 2.86. The van der Waals surface area contributed by atoms with Crippen molar-refractivity contribution in [1.82, 2.24) is 4.98 Å². The van der Waals surface area contributed by atoms with Crippen LogP contribution in [0.1, 0.15) is 5.56 Å². The van der Waals surface area contributed by atoms with Gasteiger partial charge in [-0.05, 0) is 34.1 Å². The molecule has 2 rings (SSSR count). The van der Waals surface area contributed by atoms with E-state index in [0.29, 0.717) is 22.2 Å². The maximum Gasteiger partial charge on any atom is 0.261 e. The smallest absolute Gasteiger partial charge is 0.261 e. The minimum atomic E-state index is -4.22. The van der Waals surface area contributed by atoms with Crippen molar-refractivity contribution in [2.75, 3.05) is 0 Å². The zero-order chi connectivity index (χ0) is 15.6. The molecule has 0 saturated carbocycles. The fourth-order valence-electron chi connectivity index (χ4n) is 1.51. The van der Waals surface area contributed by atoms with Gasteiger partial charge < -0.3 is 4.74 Å². The topological polar surface area (TPSA) is 56.3 Å². The molecule has 1 aromatic carbocycles. The minimum absolute atomic E-state index is 0.132. The molecule has 0 spiro atoms. The number of hydrogen-bond acceptors (Lipinski definition) is 4. The van der Waals surface area contributed by atoms with E-state index in [1.165, 1.54) is 6.20 Å². The average Bonchev–Trinajstić information content (AvgIpc) is 2.36. The molecule has 1 aromatic heterocycles. The second-order valence-corrected chi connectivity index (χ2v) is 7.44. The summed E-state index contributed by atoms with van der Waals surface area (Å²) in [6.07, 6.45) is 3.02. The molecule has 0 aliphatic heterocycles. The van der Waals surface area contributed by atoms with Gasteiger partial charge in [0.15, 0.2) is 17.4 Å². The van der Waals surface area contributed by atoms with Crippen LogP contribution < -0.4 is 4.74 Å². The number of pyridine rings is 1. The summed E-state index contributed by atoms with van der Waals surface area (Å²) >= 11 is 3.20. The Labute approximate surface area is 132 Å². The van der Waals surface area contributed by atoms with Crippen LogP contribution in [-0.2, 0) is 15.7 Å². The molecular formula is C12H7BrClF2NO3S. The largest absolute Gasteiger partial charge is 0.483 e. The van der Waals surface area contributed by atoms with E-state index in [4.69, 9.17) is 15.4 Å². The second-order valence-electron chi connectivity index (χ2n) is 3.95. The maximum absolute atomic E-state index is 13.7. The first-order valence-corrected chi connectivity index (χ1v) is 8.53. The highest BCUT2D eigenvalue weighted by molar-refractivity contribution is 9.10. The lowest BCUT2D eigenvalue weighted by Gasteiger charge is -2.09.